The van der Waals surface area contributed by atoms with Crippen LogP contribution in [0.2, 0.25) is 0 Å². The van der Waals surface area contributed by atoms with Crippen LogP contribution < -0.4 is 0 Å². The normalized spacial score (nSPS) is 11.6. The molecule has 0 aliphatic carbocycles. The summed E-state index contributed by atoms with van der Waals surface area (Å²) in [7, 11) is 0. The van der Waals surface area contributed by atoms with Crippen molar-refractivity contribution in [2.24, 2.45) is 4.99 Å². The van der Waals surface area contributed by atoms with Crippen LogP contribution in [0.3, 0.4) is 0 Å². The van der Waals surface area contributed by atoms with E-state index in [0.717, 1.165) is 12.8 Å². The first-order valence-corrected chi connectivity index (χ1v) is 7.50. The molecule has 1 nitrogen and oxygen atoms in total. The SMILES string of the molecule is S=C=NC(CCc1ccccc1)Sc1ccccc1. The van der Waals surface area contributed by atoms with Gasteiger partial charge in [0.25, 0.3) is 0 Å². The molecule has 2 rings (SSSR count). The molecule has 1 unspecified atom stereocenters. The third-order valence-electron chi connectivity index (χ3n) is 2.73. The van der Waals surface area contributed by atoms with Crippen molar-refractivity contribution in [2.75, 3.05) is 0 Å². The number of hydrogen-bond acceptors (Lipinski definition) is 3. The second-order valence-corrected chi connectivity index (χ2v) is 5.56. The lowest BCUT2D eigenvalue weighted by Gasteiger charge is -2.10. The summed E-state index contributed by atoms with van der Waals surface area (Å²) in [6.07, 6.45) is 1.97. The number of isothiocyanates is 1. The van der Waals surface area contributed by atoms with E-state index in [1.54, 1.807) is 11.8 Å². The molecule has 0 aliphatic heterocycles. The third kappa shape index (κ3) is 4.99. The Bertz CT molecular complexity index is 533. The van der Waals surface area contributed by atoms with Gasteiger partial charge in [0.15, 0.2) is 0 Å². The van der Waals surface area contributed by atoms with Crippen LogP contribution in [0.25, 0.3) is 0 Å². The molecule has 0 N–H and O–H groups in total. The van der Waals surface area contributed by atoms with E-state index in [0.29, 0.717) is 0 Å². The number of aliphatic imine (C=N–C) groups is 1. The van der Waals surface area contributed by atoms with E-state index in [1.807, 2.05) is 24.3 Å². The van der Waals surface area contributed by atoms with Gasteiger partial charge in [0.2, 0.25) is 0 Å². The summed E-state index contributed by atoms with van der Waals surface area (Å²) < 4.78 is 0. The smallest absolute Gasteiger partial charge is 0.110 e. The molecule has 0 saturated carbocycles. The highest BCUT2D eigenvalue weighted by Gasteiger charge is 2.08. The summed E-state index contributed by atoms with van der Waals surface area (Å²) in [5.74, 6) is 0. The molecule has 0 fully saturated rings. The summed E-state index contributed by atoms with van der Waals surface area (Å²) in [5.41, 5.74) is 1.33. The molecule has 3 heteroatoms. The van der Waals surface area contributed by atoms with Crippen molar-refractivity contribution in [1.82, 2.24) is 0 Å². The molecule has 0 aromatic heterocycles. The number of aryl methyl sites for hydroxylation is 1. The molecule has 0 aliphatic rings. The van der Waals surface area contributed by atoms with Gasteiger partial charge >= 0.3 is 0 Å². The van der Waals surface area contributed by atoms with Crippen LogP contribution in [-0.4, -0.2) is 10.5 Å². The molecular formula is C16H15NS2. The second-order valence-electron chi connectivity index (χ2n) is 4.13. The number of thioether (sulfide) groups is 1. The maximum absolute atomic E-state index is 4.75. The Hall–Kier alpha value is -1.41. The summed E-state index contributed by atoms with van der Waals surface area (Å²) in [6, 6.07) is 20.7. The van der Waals surface area contributed by atoms with Crippen molar-refractivity contribution >= 4 is 29.1 Å². The number of benzene rings is 2. The van der Waals surface area contributed by atoms with Gasteiger partial charge in [-0.3, -0.25) is 0 Å². The van der Waals surface area contributed by atoms with Crippen molar-refractivity contribution in [1.29, 1.82) is 0 Å². The Kier molecular flexibility index (Phi) is 5.83. The molecule has 2 aromatic carbocycles. The first-order chi connectivity index (χ1) is 9.38. The molecule has 1 atom stereocenters. The molecule has 0 bridgehead atoms. The minimum Gasteiger partial charge on any atom is -0.218 e. The van der Waals surface area contributed by atoms with Crippen LogP contribution in [0.5, 0.6) is 0 Å². The van der Waals surface area contributed by atoms with Crippen molar-refractivity contribution in [3.05, 3.63) is 66.2 Å². The average Bonchev–Trinajstić information content (AvgIpc) is 2.47. The van der Waals surface area contributed by atoms with Crippen LogP contribution in [0.1, 0.15) is 12.0 Å². The van der Waals surface area contributed by atoms with Crippen molar-refractivity contribution in [3.63, 3.8) is 0 Å². The first kappa shape index (κ1) is 14.0. The molecule has 0 saturated heterocycles. The largest absolute Gasteiger partial charge is 0.218 e. The van der Waals surface area contributed by atoms with Crippen LogP contribution >= 0.6 is 24.0 Å². The van der Waals surface area contributed by atoms with Gasteiger partial charge in [-0.2, -0.15) is 0 Å². The quantitative estimate of drug-likeness (QED) is 0.428. The van der Waals surface area contributed by atoms with E-state index in [-0.39, 0.29) is 5.37 Å². The fraction of sp³-hybridized carbons (Fsp3) is 0.188. The lowest BCUT2D eigenvalue weighted by Crippen LogP contribution is -2.00. The van der Waals surface area contributed by atoms with Gasteiger partial charge in [-0.1, -0.05) is 60.3 Å². The van der Waals surface area contributed by atoms with E-state index in [9.17, 15) is 0 Å². The van der Waals surface area contributed by atoms with E-state index in [2.05, 4.69) is 46.6 Å². The van der Waals surface area contributed by atoms with Gasteiger partial charge in [-0.05, 0) is 42.8 Å². The van der Waals surface area contributed by atoms with E-state index >= 15 is 0 Å². The molecule has 0 amide bonds. The summed E-state index contributed by atoms with van der Waals surface area (Å²) in [5, 5.41) is 2.65. The number of nitrogens with zero attached hydrogens (tertiary/aromatic N) is 1. The zero-order valence-corrected chi connectivity index (χ0v) is 12.2. The van der Waals surface area contributed by atoms with Gasteiger partial charge in [-0.25, -0.2) is 4.99 Å². The van der Waals surface area contributed by atoms with Crippen LogP contribution in [0, 0.1) is 0 Å². The lowest BCUT2D eigenvalue weighted by atomic mass is 10.1. The van der Waals surface area contributed by atoms with Gasteiger partial charge in [-0.15, -0.1) is 0 Å². The third-order valence-corrected chi connectivity index (χ3v) is 4.00. The Morgan fingerprint density at radius 1 is 1.00 bits per heavy atom. The van der Waals surface area contributed by atoms with Gasteiger partial charge in [0.05, 0.1) is 5.16 Å². The highest BCUT2D eigenvalue weighted by atomic mass is 32.2. The van der Waals surface area contributed by atoms with Crippen molar-refractivity contribution < 1.29 is 0 Å². The molecule has 2 aromatic rings. The predicted molar refractivity (Wildman–Crippen MR) is 85.9 cm³/mol. The lowest BCUT2D eigenvalue weighted by molar-refractivity contribution is 0.791. The Morgan fingerprint density at radius 2 is 1.63 bits per heavy atom. The van der Waals surface area contributed by atoms with Crippen LogP contribution in [0.15, 0.2) is 70.6 Å². The minimum atomic E-state index is 0.139. The zero-order chi connectivity index (χ0) is 13.3. The molecule has 0 heterocycles. The number of rotatable bonds is 6. The molecule has 0 radical (unpaired) electrons. The van der Waals surface area contributed by atoms with Gasteiger partial charge in [0, 0.05) is 4.90 Å². The first-order valence-electron chi connectivity index (χ1n) is 6.21. The summed E-state index contributed by atoms with van der Waals surface area (Å²) in [6.45, 7) is 0. The standard InChI is InChI=1S/C16H15NS2/c18-13-17-16(19-15-9-5-2-6-10-15)12-11-14-7-3-1-4-8-14/h1-10,16H,11-12H2. The number of hydrogen-bond donors (Lipinski definition) is 0. The monoisotopic (exact) mass is 285 g/mol. The average molecular weight is 285 g/mol. The highest BCUT2D eigenvalue weighted by Crippen LogP contribution is 2.26. The predicted octanol–water partition coefficient (Wildman–Crippen LogP) is 4.84. The fourth-order valence-corrected chi connectivity index (χ4v) is 2.96. The minimum absolute atomic E-state index is 0.139. The summed E-state index contributed by atoms with van der Waals surface area (Å²) >= 11 is 6.48. The molecule has 96 valence electrons. The molecular weight excluding hydrogens is 270 g/mol. The molecule has 0 spiro atoms. The number of thiocarbonyl (C=S) groups is 1. The van der Waals surface area contributed by atoms with Crippen molar-refractivity contribution in [2.45, 2.75) is 23.1 Å². The summed E-state index contributed by atoms with van der Waals surface area (Å²) in [4.78, 5) is 5.48. The van der Waals surface area contributed by atoms with Gasteiger partial charge in [0.1, 0.15) is 5.37 Å². The highest BCUT2D eigenvalue weighted by molar-refractivity contribution is 8.00. The van der Waals surface area contributed by atoms with Crippen molar-refractivity contribution in [3.8, 4) is 0 Å². The Morgan fingerprint density at radius 3 is 2.26 bits per heavy atom. The van der Waals surface area contributed by atoms with Crippen LogP contribution in [0.4, 0.5) is 0 Å². The topological polar surface area (TPSA) is 12.4 Å². The zero-order valence-electron chi connectivity index (χ0n) is 10.5. The molecule has 19 heavy (non-hydrogen) atoms. The maximum Gasteiger partial charge on any atom is 0.110 e. The maximum atomic E-state index is 4.75. The van der Waals surface area contributed by atoms with E-state index < -0.39 is 0 Å². The Labute approximate surface area is 123 Å². The second kappa shape index (κ2) is 7.90. The van der Waals surface area contributed by atoms with E-state index in [1.165, 1.54) is 10.5 Å². The fourth-order valence-electron chi connectivity index (χ4n) is 1.80. The van der Waals surface area contributed by atoms with Crippen LogP contribution in [-0.2, 0) is 6.42 Å². The Balaban J connectivity index is 1.95. The van der Waals surface area contributed by atoms with Gasteiger partial charge < -0.3 is 0 Å². The van der Waals surface area contributed by atoms with E-state index in [4.69, 9.17) is 12.2 Å².